The zero-order chi connectivity index (χ0) is 11.7. The summed E-state index contributed by atoms with van der Waals surface area (Å²) in [6, 6.07) is 1.30. The summed E-state index contributed by atoms with van der Waals surface area (Å²) in [5.41, 5.74) is 0. The summed E-state index contributed by atoms with van der Waals surface area (Å²) < 4.78 is 0. The average molecular weight is 251 g/mol. The third kappa shape index (κ3) is 2.39. The molecule has 3 heterocycles. The van der Waals surface area contributed by atoms with Gasteiger partial charge in [-0.3, -0.25) is 9.80 Å². The number of hydrogen-bond acceptors (Lipinski definition) is 4. The van der Waals surface area contributed by atoms with Crippen molar-refractivity contribution in [3.8, 4) is 0 Å². The van der Waals surface area contributed by atoms with E-state index in [0.717, 1.165) is 6.04 Å². The van der Waals surface area contributed by atoms with Crippen molar-refractivity contribution < 1.29 is 0 Å². The van der Waals surface area contributed by atoms with Crippen LogP contribution in [0.5, 0.6) is 0 Å². The van der Waals surface area contributed by atoms with Gasteiger partial charge in [-0.25, -0.2) is 4.98 Å². The first-order valence-electron chi connectivity index (χ1n) is 6.72. The minimum Gasteiger partial charge on any atom is -0.299 e. The molecule has 2 atom stereocenters. The summed E-state index contributed by atoms with van der Waals surface area (Å²) in [4.78, 5) is 9.79. The molecule has 0 amide bonds. The lowest BCUT2D eigenvalue weighted by molar-refractivity contribution is 0.182. The van der Waals surface area contributed by atoms with Gasteiger partial charge in [0.1, 0.15) is 5.01 Å². The average Bonchev–Trinajstić information content (AvgIpc) is 2.96. The molecule has 0 N–H and O–H groups in total. The van der Waals surface area contributed by atoms with Gasteiger partial charge in [-0.2, -0.15) is 0 Å². The Kier molecular flexibility index (Phi) is 3.45. The van der Waals surface area contributed by atoms with Gasteiger partial charge < -0.3 is 0 Å². The third-order valence-electron chi connectivity index (χ3n) is 4.19. The van der Waals surface area contributed by atoms with E-state index in [1.807, 2.05) is 6.20 Å². The van der Waals surface area contributed by atoms with Crippen LogP contribution in [-0.2, 0) is 0 Å². The Morgan fingerprint density at radius 2 is 2.24 bits per heavy atom. The minimum atomic E-state index is 0.496. The van der Waals surface area contributed by atoms with Gasteiger partial charge in [0.15, 0.2) is 0 Å². The number of nitrogens with zero attached hydrogens (tertiary/aromatic N) is 3. The summed E-state index contributed by atoms with van der Waals surface area (Å²) in [7, 11) is 0. The predicted molar refractivity (Wildman–Crippen MR) is 71.3 cm³/mol. The maximum atomic E-state index is 4.47. The van der Waals surface area contributed by atoms with Gasteiger partial charge in [0, 0.05) is 30.7 Å². The van der Waals surface area contributed by atoms with Crippen molar-refractivity contribution in [1.29, 1.82) is 0 Å². The van der Waals surface area contributed by atoms with Gasteiger partial charge in [-0.05, 0) is 39.3 Å². The lowest BCUT2D eigenvalue weighted by atomic mass is 10.2. The van der Waals surface area contributed by atoms with E-state index in [2.05, 4.69) is 27.1 Å². The van der Waals surface area contributed by atoms with Crippen molar-refractivity contribution in [1.82, 2.24) is 14.8 Å². The second-order valence-electron chi connectivity index (χ2n) is 5.23. The van der Waals surface area contributed by atoms with E-state index in [-0.39, 0.29) is 0 Å². The Hall–Kier alpha value is -0.450. The lowest BCUT2D eigenvalue weighted by Gasteiger charge is -2.29. The van der Waals surface area contributed by atoms with Crippen LogP contribution in [0.2, 0.25) is 0 Å². The van der Waals surface area contributed by atoms with Gasteiger partial charge in [0.25, 0.3) is 0 Å². The van der Waals surface area contributed by atoms with Crippen molar-refractivity contribution in [2.45, 2.75) is 38.3 Å². The lowest BCUT2D eigenvalue weighted by Crippen LogP contribution is -2.37. The van der Waals surface area contributed by atoms with Crippen LogP contribution in [0, 0.1) is 0 Å². The Balaban J connectivity index is 1.70. The Morgan fingerprint density at radius 3 is 3.06 bits per heavy atom. The summed E-state index contributed by atoms with van der Waals surface area (Å²) in [6.07, 6.45) is 6.02. The topological polar surface area (TPSA) is 19.4 Å². The number of fused-ring (bicyclic) bond motifs is 1. The SMILES string of the molecule is CC(c1nccs1)N1CCCN2CCCC2C1. The van der Waals surface area contributed by atoms with Crippen LogP contribution in [0.15, 0.2) is 11.6 Å². The van der Waals surface area contributed by atoms with Crippen molar-refractivity contribution >= 4 is 11.3 Å². The molecule has 2 aliphatic heterocycles. The molecule has 3 rings (SSSR count). The molecule has 2 saturated heterocycles. The van der Waals surface area contributed by atoms with E-state index in [1.165, 1.54) is 50.4 Å². The largest absolute Gasteiger partial charge is 0.299 e. The van der Waals surface area contributed by atoms with Crippen LogP contribution >= 0.6 is 11.3 Å². The molecule has 94 valence electrons. The van der Waals surface area contributed by atoms with E-state index in [9.17, 15) is 0 Å². The fraction of sp³-hybridized carbons (Fsp3) is 0.769. The molecular weight excluding hydrogens is 230 g/mol. The minimum absolute atomic E-state index is 0.496. The quantitative estimate of drug-likeness (QED) is 0.804. The molecule has 3 nitrogen and oxygen atoms in total. The second-order valence-corrected chi connectivity index (χ2v) is 6.15. The standard InChI is InChI=1S/C13H21N3S/c1-11(13-14-5-9-17-13)16-8-3-7-15-6-2-4-12(15)10-16/h5,9,11-12H,2-4,6-8,10H2,1H3. The third-order valence-corrected chi connectivity index (χ3v) is 5.14. The fourth-order valence-electron chi connectivity index (χ4n) is 3.18. The zero-order valence-corrected chi connectivity index (χ0v) is 11.3. The highest BCUT2D eigenvalue weighted by molar-refractivity contribution is 7.09. The van der Waals surface area contributed by atoms with Crippen molar-refractivity contribution in [2.24, 2.45) is 0 Å². The highest BCUT2D eigenvalue weighted by Gasteiger charge is 2.31. The Morgan fingerprint density at radius 1 is 1.35 bits per heavy atom. The molecule has 17 heavy (non-hydrogen) atoms. The smallest absolute Gasteiger partial charge is 0.109 e. The van der Waals surface area contributed by atoms with E-state index < -0.39 is 0 Å². The van der Waals surface area contributed by atoms with Gasteiger partial charge in [0.2, 0.25) is 0 Å². The van der Waals surface area contributed by atoms with Crippen LogP contribution in [0.1, 0.15) is 37.2 Å². The monoisotopic (exact) mass is 251 g/mol. The molecule has 0 aliphatic carbocycles. The maximum absolute atomic E-state index is 4.47. The molecule has 2 unspecified atom stereocenters. The van der Waals surface area contributed by atoms with Crippen LogP contribution in [-0.4, -0.2) is 47.0 Å². The number of rotatable bonds is 2. The maximum Gasteiger partial charge on any atom is 0.109 e. The number of hydrogen-bond donors (Lipinski definition) is 0. The summed E-state index contributed by atoms with van der Waals surface area (Å²) in [6.45, 7) is 7.40. The molecule has 2 fully saturated rings. The molecule has 0 spiro atoms. The molecule has 1 aromatic heterocycles. The van der Waals surface area contributed by atoms with E-state index >= 15 is 0 Å². The van der Waals surface area contributed by atoms with Gasteiger partial charge in [0.05, 0.1) is 6.04 Å². The van der Waals surface area contributed by atoms with Gasteiger partial charge in [-0.15, -0.1) is 11.3 Å². The Labute approximate surface area is 107 Å². The van der Waals surface area contributed by atoms with Crippen LogP contribution in [0.3, 0.4) is 0 Å². The summed E-state index contributed by atoms with van der Waals surface area (Å²) in [5.74, 6) is 0. The molecule has 1 aromatic rings. The van der Waals surface area contributed by atoms with Gasteiger partial charge >= 0.3 is 0 Å². The first-order valence-corrected chi connectivity index (χ1v) is 7.60. The Bertz CT molecular complexity index is 352. The second kappa shape index (κ2) is 5.04. The van der Waals surface area contributed by atoms with Crippen LogP contribution in [0.25, 0.3) is 0 Å². The van der Waals surface area contributed by atoms with Crippen LogP contribution < -0.4 is 0 Å². The summed E-state index contributed by atoms with van der Waals surface area (Å²) in [5, 5.41) is 3.36. The number of aromatic nitrogens is 1. The van der Waals surface area contributed by atoms with E-state index in [0.29, 0.717) is 6.04 Å². The normalized spacial score (nSPS) is 28.9. The predicted octanol–water partition coefficient (Wildman–Crippen LogP) is 2.37. The molecule has 0 bridgehead atoms. The molecule has 2 aliphatic rings. The van der Waals surface area contributed by atoms with Crippen LogP contribution in [0.4, 0.5) is 0 Å². The van der Waals surface area contributed by atoms with Gasteiger partial charge in [-0.1, -0.05) is 0 Å². The molecule has 0 saturated carbocycles. The molecule has 4 heteroatoms. The number of thiazole rings is 1. The first-order chi connectivity index (χ1) is 8.34. The molecule has 0 radical (unpaired) electrons. The highest BCUT2D eigenvalue weighted by atomic mass is 32.1. The molecule has 0 aromatic carbocycles. The van der Waals surface area contributed by atoms with Crippen molar-refractivity contribution in [3.05, 3.63) is 16.6 Å². The van der Waals surface area contributed by atoms with Crippen molar-refractivity contribution in [3.63, 3.8) is 0 Å². The highest BCUT2D eigenvalue weighted by Crippen LogP contribution is 2.28. The zero-order valence-electron chi connectivity index (χ0n) is 10.5. The summed E-state index contributed by atoms with van der Waals surface area (Å²) >= 11 is 1.79. The van der Waals surface area contributed by atoms with E-state index in [1.54, 1.807) is 11.3 Å². The fourth-order valence-corrected chi connectivity index (χ4v) is 3.91. The first kappa shape index (κ1) is 11.6. The van der Waals surface area contributed by atoms with Crippen molar-refractivity contribution in [2.75, 3.05) is 26.2 Å². The molecular formula is C13H21N3S. The van der Waals surface area contributed by atoms with E-state index in [4.69, 9.17) is 0 Å².